The molecule has 0 aliphatic carbocycles. The first-order valence-corrected chi connectivity index (χ1v) is 11.2. The van der Waals surface area contributed by atoms with Gasteiger partial charge in [0.25, 0.3) is 0 Å². The summed E-state index contributed by atoms with van der Waals surface area (Å²) in [5, 5.41) is 9.60. The third kappa shape index (κ3) is 5.07. The molecule has 1 aliphatic rings. The van der Waals surface area contributed by atoms with E-state index in [2.05, 4.69) is 11.1 Å². The quantitative estimate of drug-likeness (QED) is 0.620. The Hall–Kier alpha value is -3.63. The second-order valence-corrected chi connectivity index (χ2v) is 8.66. The number of nitrogens with two attached hydrogens (primary N) is 1. The number of hydrogen-bond donors (Lipinski definition) is 1. The van der Waals surface area contributed by atoms with Crippen molar-refractivity contribution in [3.63, 3.8) is 0 Å². The molecule has 1 fully saturated rings. The van der Waals surface area contributed by atoms with E-state index in [0.29, 0.717) is 23.5 Å². The number of hydrogen-bond acceptors (Lipinski definition) is 5. The van der Waals surface area contributed by atoms with Gasteiger partial charge in [0, 0.05) is 45.0 Å². The number of aromatic nitrogens is 2. The van der Waals surface area contributed by atoms with Crippen LogP contribution in [0.5, 0.6) is 11.5 Å². The Bertz CT molecular complexity index is 1180. The van der Waals surface area contributed by atoms with E-state index in [1.807, 2.05) is 60.0 Å². The van der Waals surface area contributed by atoms with Crippen LogP contribution < -0.4 is 10.5 Å². The van der Waals surface area contributed by atoms with Crippen LogP contribution in [0, 0.1) is 11.3 Å². The van der Waals surface area contributed by atoms with Crippen LogP contribution >= 0.6 is 0 Å². The Labute approximate surface area is 194 Å². The van der Waals surface area contributed by atoms with Gasteiger partial charge in [0.05, 0.1) is 17.8 Å². The van der Waals surface area contributed by atoms with Crippen LogP contribution in [0.2, 0.25) is 0 Å². The molecule has 2 aromatic carbocycles. The maximum Gasteiger partial charge on any atom is 0.229 e. The van der Waals surface area contributed by atoms with Crippen molar-refractivity contribution in [3.8, 4) is 17.6 Å². The molecule has 0 saturated carbocycles. The number of benzene rings is 2. The summed E-state index contributed by atoms with van der Waals surface area (Å²) in [7, 11) is 3.80. The van der Waals surface area contributed by atoms with Gasteiger partial charge in [-0.05, 0) is 48.2 Å². The number of aryl methyl sites for hydroxylation is 1. The summed E-state index contributed by atoms with van der Waals surface area (Å²) in [5.74, 6) is 1.03. The maximum absolute atomic E-state index is 12.8. The Balaban J connectivity index is 1.58. The van der Waals surface area contributed by atoms with Gasteiger partial charge < -0.3 is 19.9 Å². The van der Waals surface area contributed by atoms with Crippen molar-refractivity contribution in [1.29, 1.82) is 5.26 Å². The van der Waals surface area contributed by atoms with E-state index < -0.39 is 0 Å². The summed E-state index contributed by atoms with van der Waals surface area (Å²) in [6, 6.07) is 15.0. The molecule has 4 rings (SSSR count). The number of nitrogens with zero attached hydrogens (tertiary/aromatic N) is 4. The zero-order valence-corrected chi connectivity index (χ0v) is 19.1. The van der Waals surface area contributed by atoms with Gasteiger partial charge in [-0.1, -0.05) is 24.6 Å². The van der Waals surface area contributed by atoms with Gasteiger partial charge in [0.15, 0.2) is 0 Å². The third-order valence-electron chi connectivity index (χ3n) is 6.30. The predicted molar refractivity (Wildman–Crippen MR) is 126 cm³/mol. The van der Waals surface area contributed by atoms with Crippen LogP contribution in [-0.4, -0.2) is 34.0 Å². The molecule has 2 unspecified atom stereocenters. The highest BCUT2D eigenvalue weighted by Crippen LogP contribution is 2.33. The minimum Gasteiger partial charge on any atom is -0.456 e. The van der Waals surface area contributed by atoms with Crippen LogP contribution in [-0.2, 0) is 18.3 Å². The molecule has 0 radical (unpaired) electrons. The van der Waals surface area contributed by atoms with E-state index in [0.717, 1.165) is 42.6 Å². The fourth-order valence-electron chi connectivity index (χ4n) is 4.30. The molecule has 0 bridgehead atoms. The third-order valence-corrected chi connectivity index (χ3v) is 6.30. The van der Waals surface area contributed by atoms with Crippen molar-refractivity contribution in [2.24, 2.45) is 12.8 Å². The van der Waals surface area contributed by atoms with Gasteiger partial charge in [-0.15, -0.1) is 0 Å². The lowest BCUT2D eigenvalue weighted by molar-refractivity contribution is -0.130. The molecule has 2 atom stereocenters. The number of likely N-dealkylation sites (tertiary alicyclic amines) is 1. The second kappa shape index (κ2) is 9.88. The molecule has 170 valence electrons. The van der Waals surface area contributed by atoms with Crippen LogP contribution in [0.25, 0.3) is 0 Å². The zero-order valence-electron chi connectivity index (χ0n) is 19.1. The molecule has 1 aliphatic heterocycles. The normalized spacial score (nSPS) is 17.3. The summed E-state index contributed by atoms with van der Waals surface area (Å²) in [6.07, 6.45) is 7.04. The van der Waals surface area contributed by atoms with Gasteiger partial charge in [-0.2, -0.15) is 5.26 Å². The maximum atomic E-state index is 12.8. The van der Waals surface area contributed by atoms with Crippen LogP contribution in [0.1, 0.15) is 53.6 Å². The molecule has 33 heavy (non-hydrogen) atoms. The van der Waals surface area contributed by atoms with E-state index in [1.165, 1.54) is 0 Å². The highest BCUT2D eigenvalue weighted by molar-refractivity contribution is 5.83. The predicted octanol–water partition coefficient (Wildman–Crippen LogP) is 4.05. The number of nitriles is 1. The summed E-state index contributed by atoms with van der Waals surface area (Å²) >= 11 is 0. The highest BCUT2D eigenvalue weighted by Gasteiger charge is 2.26. The molecule has 1 saturated heterocycles. The fraction of sp³-hybridized carbons (Fsp3) is 0.346. The van der Waals surface area contributed by atoms with E-state index in [9.17, 15) is 10.1 Å². The van der Waals surface area contributed by atoms with Crippen molar-refractivity contribution < 1.29 is 9.53 Å². The van der Waals surface area contributed by atoms with Crippen molar-refractivity contribution >= 4 is 5.91 Å². The van der Waals surface area contributed by atoms with Crippen LogP contribution in [0.4, 0.5) is 0 Å². The first kappa shape index (κ1) is 22.6. The monoisotopic (exact) mass is 443 g/mol. The highest BCUT2D eigenvalue weighted by atomic mass is 16.5. The van der Waals surface area contributed by atoms with E-state index in [4.69, 9.17) is 10.5 Å². The fourth-order valence-corrected chi connectivity index (χ4v) is 4.30. The molecule has 0 spiro atoms. The Morgan fingerprint density at radius 1 is 1.24 bits per heavy atom. The van der Waals surface area contributed by atoms with E-state index in [-0.39, 0.29) is 17.9 Å². The summed E-state index contributed by atoms with van der Waals surface area (Å²) in [6.45, 7) is 0.795. The van der Waals surface area contributed by atoms with Crippen molar-refractivity contribution in [3.05, 3.63) is 77.4 Å². The summed E-state index contributed by atoms with van der Waals surface area (Å²) < 4.78 is 8.10. The standard InChI is InChI=1S/C26H29N5O2/c1-30-11-4-3-8-23(26(30)32)18-6-5-7-22(12-18)33-25-13-19(9-10-20(25)15-27)24(28)14-21-16-29-17-31(21)2/h5-7,9-10,12-13,16-17,23-24H,3-4,8,11,14,28H2,1-2H3. The number of imidazole rings is 1. The van der Waals surface area contributed by atoms with Gasteiger partial charge in [-0.25, -0.2) is 4.98 Å². The van der Waals surface area contributed by atoms with E-state index >= 15 is 0 Å². The number of likely N-dealkylation sites (N-methyl/N-ethyl adjacent to an activating group) is 1. The molecule has 7 heteroatoms. The van der Waals surface area contributed by atoms with Gasteiger partial charge in [0.2, 0.25) is 5.91 Å². The van der Waals surface area contributed by atoms with Crippen LogP contribution in [0.15, 0.2) is 55.0 Å². The van der Waals surface area contributed by atoms with Gasteiger partial charge >= 0.3 is 0 Å². The van der Waals surface area contributed by atoms with Gasteiger partial charge in [-0.3, -0.25) is 4.79 Å². The molecule has 3 aromatic rings. The summed E-state index contributed by atoms with van der Waals surface area (Å²) in [5.41, 5.74) is 9.73. The Morgan fingerprint density at radius 2 is 2.09 bits per heavy atom. The minimum absolute atomic E-state index is 0.144. The second-order valence-electron chi connectivity index (χ2n) is 8.66. The Kier molecular flexibility index (Phi) is 6.76. The van der Waals surface area contributed by atoms with Crippen LogP contribution in [0.3, 0.4) is 0 Å². The number of rotatable bonds is 6. The van der Waals surface area contributed by atoms with Crippen molar-refractivity contribution in [2.75, 3.05) is 13.6 Å². The molecule has 1 aromatic heterocycles. The molecule has 1 amide bonds. The average molecular weight is 444 g/mol. The SMILES string of the molecule is CN1CCCCC(c2cccc(Oc3cc(C(N)Cc4cncn4C)ccc3C#N)c2)C1=O. The molecular formula is C26H29N5O2. The first-order chi connectivity index (χ1) is 16.0. The largest absolute Gasteiger partial charge is 0.456 e. The smallest absolute Gasteiger partial charge is 0.229 e. The lowest BCUT2D eigenvalue weighted by Gasteiger charge is -2.20. The molecule has 2 N–H and O–H groups in total. The molecule has 7 nitrogen and oxygen atoms in total. The number of carbonyl (C=O) groups is 1. The zero-order chi connectivity index (χ0) is 23.4. The number of ether oxygens (including phenoxy) is 1. The van der Waals surface area contributed by atoms with Crippen molar-refractivity contribution in [1.82, 2.24) is 14.5 Å². The van der Waals surface area contributed by atoms with E-state index in [1.54, 1.807) is 18.6 Å². The minimum atomic E-state index is -0.263. The van der Waals surface area contributed by atoms with Crippen molar-refractivity contribution in [2.45, 2.75) is 37.6 Å². The first-order valence-electron chi connectivity index (χ1n) is 11.2. The summed E-state index contributed by atoms with van der Waals surface area (Å²) in [4.78, 5) is 18.8. The molecule has 2 heterocycles. The lowest BCUT2D eigenvalue weighted by Crippen LogP contribution is -2.30. The number of amides is 1. The van der Waals surface area contributed by atoms with Gasteiger partial charge in [0.1, 0.15) is 17.6 Å². The topological polar surface area (TPSA) is 97.2 Å². The molecular weight excluding hydrogens is 414 g/mol. The number of carbonyl (C=O) groups excluding carboxylic acids is 1. The lowest BCUT2D eigenvalue weighted by atomic mass is 9.93. The average Bonchev–Trinajstić information content (AvgIpc) is 3.14. The Morgan fingerprint density at radius 3 is 2.85 bits per heavy atom.